The number of aliphatic hydroxyl groups is 1. The molecule has 0 aliphatic carbocycles. The van der Waals surface area contributed by atoms with Crippen LogP contribution in [0, 0.1) is 17.8 Å². The summed E-state index contributed by atoms with van der Waals surface area (Å²) in [5.74, 6) is -1.03. The first-order valence-electron chi connectivity index (χ1n) is 15.4. The molecule has 4 fully saturated rings. The smallest absolute Gasteiger partial charge is 0.247 e. The number of morpholine rings is 1. The van der Waals surface area contributed by atoms with Crippen molar-refractivity contribution >= 4 is 29.5 Å². The Hall–Kier alpha value is -1.88. The van der Waals surface area contributed by atoms with Gasteiger partial charge >= 0.3 is 0 Å². The number of fused-ring (bicyclic) bond motifs is 1. The third-order valence-electron chi connectivity index (χ3n) is 9.21. The van der Waals surface area contributed by atoms with Gasteiger partial charge in [-0.1, -0.05) is 32.9 Å². The second-order valence-corrected chi connectivity index (χ2v) is 14.0. The van der Waals surface area contributed by atoms with Gasteiger partial charge in [0.2, 0.25) is 17.7 Å². The molecule has 9 nitrogen and oxygen atoms in total. The summed E-state index contributed by atoms with van der Waals surface area (Å²) in [7, 11) is 0. The van der Waals surface area contributed by atoms with Gasteiger partial charge < -0.3 is 24.5 Å². The van der Waals surface area contributed by atoms with E-state index in [2.05, 4.69) is 31.9 Å². The summed E-state index contributed by atoms with van der Waals surface area (Å²) in [6.45, 7) is 19.5. The highest BCUT2D eigenvalue weighted by atomic mass is 32.2. The zero-order valence-corrected chi connectivity index (χ0v) is 26.0. The van der Waals surface area contributed by atoms with E-state index < -0.39 is 28.7 Å². The molecule has 10 heteroatoms. The molecule has 3 amide bonds. The van der Waals surface area contributed by atoms with Crippen molar-refractivity contribution in [2.75, 3.05) is 65.6 Å². The summed E-state index contributed by atoms with van der Waals surface area (Å²) in [4.78, 5) is 50.9. The van der Waals surface area contributed by atoms with E-state index in [0.717, 1.165) is 38.9 Å². The number of carbonyl (C=O) groups excluding carboxylic acids is 3. The van der Waals surface area contributed by atoms with E-state index >= 15 is 0 Å². The average molecular weight is 591 g/mol. The van der Waals surface area contributed by atoms with Gasteiger partial charge in [-0.2, -0.15) is 0 Å². The Morgan fingerprint density at radius 3 is 2.39 bits per heavy atom. The monoisotopic (exact) mass is 590 g/mol. The second kappa shape index (κ2) is 14.1. The van der Waals surface area contributed by atoms with Crippen molar-refractivity contribution in [3.8, 4) is 0 Å². The van der Waals surface area contributed by atoms with Crippen molar-refractivity contribution in [2.24, 2.45) is 17.8 Å². The van der Waals surface area contributed by atoms with Crippen LogP contribution in [0.3, 0.4) is 0 Å². The minimum atomic E-state index is -0.715. The van der Waals surface area contributed by atoms with Gasteiger partial charge in [0.25, 0.3) is 0 Å². The van der Waals surface area contributed by atoms with Crippen LogP contribution >= 0.6 is 11.8 Å². The summed E-state index contributed by atoms with van der Waals surface area (Å²) < 4.78 is 4.82. The van der Waals surface area contributed by atoms with Crippen LogP contribution in [0.2, 0.25) is 0 Å². The number of nitrogens with zero attached hydrogens (tertiary/aromatic N) is 4. The Kier molecular flexibility index (Phi) is 11.0. The van der Waals surface area contributed by atoms with Crippen LogP contribution < -0.4 is 0 Å². The van der Waals surface area contributed by atoms with E-state index in [0.29, 0.717) is 45.8 Å². The predicted octanol–water partition coefficient (Wildman–Crippen LogP) is 2.26. The minimum Gasteiger partial charge on any atom is -0.394 e. The van der Waals surface area contributed by atoms with Gasteiger partial charge in [0.1, 0.15) is 6.04 Å². The first-order valence-corrected chi connectivity index (χ1v) is 16.3. The normalized spacial score (nSPS) is 30.0. The minimum absolute atomic E-state index is 0.00287. The third-order valence-corrected chi connectivity index (χ3v) is 11.2. The number of hydrogen-bond donors (Lipinski definition) is 1. The van der Waals surface area contributed by atoms with E-state index in [1.807, 2.05) is 16.7 Å². The van der Waals surface area contributed by atoms with E-state index in [4.69, 9.17) is 4.74 Å². The highest BCUT2D eigenvalue weighted by molar-refractivity contribution is 8.02. The largest absolute Gasteiger partial charge is 0.394 e. The van der Waals surface area contributed by atoms with Crippen LogP contribution in [0.15, 0.2) is 25.3 Å². The van der Waals surface area contributed by atoms with Gasteiger partial charge in [0, 0.05) is 51.1 Å². The van der Waals surface area contributed by atoms with Crippen molar-refractivity contribution in [2.45, 2.75) is 68.5 Å². The molecule has 6 atom stereocenters. The third kappa shape index (κ3) is 6.26. The molecule has 1 N–H and O–H groups in total. The molecule has 2 bridgehead atoms. The first-order chi connectivity index (χ1) is 19.7. The van der Waals surface area contributed by atoms with E-state index in [9.17, 15) is 19.5 Å². The molecule has 4 saturated heterocycles. The van der Waals surface area contributed by atoms with Crippen LogP contribution in [0.5, 0.6) is 0 Å². The van der Waals surface area contributed by atoms with E-state index in [1.54, 1.807) is 28.8 Å². The summed E-state index contributed by atoms with van der Waals surface area (Å²) in [6.07, 6.45) is 6.42. The van der Waals surface area contributed by atoms with Crippen LogP contribution in [-0.2, 0) is 19.1 Å². The molecule has 2 unspecified atom stereocenters. The molecule has 4 rings (SSSR count). The Labute approximate surface area is 250 Å². The molecule has 41 heavy (non-hydrogen) atoms. The molecular weight excluding hydrogens is 540 g/mol. The molecule has 4 heterocycles. The van der Waals surface area contributed by atoms with Gasteiger partial charge in [-0.25, -0.2) is 0 Å². The number of ether oxygens (including phenoxy) is 1. The summed E-state index contributed by atoms with van der Waals surface area (Å²) >= 11 is 1.69. The average Bonchev–Trinajstić information content (AvgIpc) is 3.61. The van der Waals surface area contributed by atoms with Gasteiger partial charge in [-0.15, -0.1) is 24.9 Å². The molecule has 0 aromatic rings. The van der Waals surface area contributed by atoms with E-state index in [-0.39, 0.29) is 35.5 Å². The van der Waals surface area contributed by atoms with Crippen LogP contribution in [0.25, 0.3) is 0 Å². The second-order valence-electron chi connectivity index (χ2n) is 12.4. The van der Waals surface area contributed by atoms with E-state index in [1.165, 1.54) is 0 Å². The molecule has 230 valence electrons. The number of hydrogen-bond acceptors (Lipinski definition) is 7. The quantitative estimate of drug-likeness (QED) is 0.293. The predicted molar refractivity (Wildman–Crippen MR) is 162 cm³/mol. The summed E-state index contributed by atoms with van der Waals surface area (Å²) in [5.41, 5.74) is 0. The summed E-state index contributed by atoms with van der Waals surface area (Å²) in [6, 6.07) is -1.19. The number of thioether (sulfide) groups is 1. The summed E-state index contributed by atoms with van der Waals surface area (Å²) in [5, 5.41) is 10.6. The maximum absolute atomic E-state index is 14.6. The molecule has 4 aliphatic heterocycles. The molecular formula is C31H50N4O5S. The van der Waals surface area contributed by atoms with Gasteiger partial charge in [-0.3, -0.25) is 19.3 Å². The maximum Gasteiger partial charge on any atom is 0.247 e. The van der Waals surface area contributed by atoms with Crippen LogP contribution in [0.1, 0.15) is 46.5 Å². The molecule has 1 spiro atoms. The highest BCUT2D eigenvalue weighted by Crippen LogP contribution is 2.67. The van der Waals surface area contributed by atoms with Gasteiger partial charge in [0.15, 0.2) is 0 Å². The highest BCUT2D eigenvalue weighted by Gasteiger charge is 2.74. The fourth-order valence-corrected chi connectivity index (χ4v) is 9.69. The van der Waals surface area contributed by atoms with Crippen molar-refractivity contribution < 1.29 is 24.2 Å². The van der Waals surface area contributed by atoms with Crippen molar-refractivity contribution in [3.63, 3.8) is 0 Å². The lowest BCUT2D eigenvalue weighted by atomic mass is 9.70. The number of amides is 3. The van der Waals surface area contributed by atoms with Crippen LogP contribution in [-0.4, -0.2) is 130 Å². The number of likely N-dealkylation sites (tertiary alicyclic amines) is 1. The Morgan fingerprint density at radius 1 is 1.15 bits per heavy atom. The molecule has 0 aromatic heterocycles. The van der Waals surface area contributed by atoms with Crippen molar-refractivity contribution in [1.29, 1.82) is 0 Å². The van der Waals surface area contributed by atoms with Crippen molar-refractivity contribution in [1.82, 2.24) is 19.6 Å². The van der Waals surface area contributed by atoms with Crippen LogP contribution in [0.4, 0.5) is 0 Å². The van der Waals surface area contributed by atoms with Gasteiger partial charge in [-0.05, 0) is 31.6 Å². The molecule has 0 radical (unpaired) electrons. The fourth-order valence-electron chi connectivity index (χ4n) is 7.50. The zero-order chi connectivity index (χ0) is 29.7. The number of aliphatic hydroxyl groups excluding tert-OH is 1. The zero-order valence-electron chi connectivity index (χ0n) is 25.2. The topological polar surface area (TPSA) is 93.6 Å². The Morgan fingerprint density at radius 2 is 1.80 bits per heavy atom. The lowest BCUT2D eigenvalue weighted by Gasteiger charge is -2.40. The molecule has 0 saturated carbocycles. The lowest BCUT2D eigenvalue weighted by Crippen LogP contribution is -2.58. The van der Waals surface area contributed by atoms with Gasteiger partial charge in [0.05, 0.1) is 42.4 Å². The fraction of sp³-hybridized carbons (Fsp3) is 0.774. The standard InChI is InChI=1S/C31H50N4O5S/c1-6-11-33(12-7-2)28(37)25-24-9-10-31(41-24)26(25)29(38)35(23(21-36)20-22(4)5)27(31)30(39)34(13-8-3)15-14-32-16-18-40-19-17-32/h6,8,22-27,36H,1,3,7,9-21H2,2,4-5H3/t23-,24-,25+,26+,27?,31?/m1/s1. The Bertz CT molecular complexity index is 972. The lowest BCUT2D eigenvalue weighted by molar-refractivity contribution is -0.147. The number of rotatable bonds is 15. The maximum atomic E-state index is 14.6. The SMILES string of the molecule is C=CCN(CCN1CCOCC1)C(=O)C1N([C@@H](CO)CC(C)C)C(=O)[C@@H]2[C@@H](C(=O)N(CC=C)CCC)[C@H]3CCC12S3. The first kappa shape index (κ1) is 32.0. The number of carbonyl (C=O) groups is 3. The molecule has 4 aliphatic rings. The Balaban J connectivity index is 1.70. The van der Waals surface area contributed by atoms with Crippen molar-refractivity contribution in [3.05, 3.63) is 25.3 Å². The molecule has 0 aromatic carbocycles.